The molecule has 0 radical (unpaired) electrons. The van der Waals surface area contributed by atoms with Crippen LogP contribution in [0, 0.1) is 5.92 Å². The van der Waals surface area contributed by atoms with Crippen molar-refractivity contribution in [3.8, 4) is 0 Å². The van der Waals surface area contributed by atoms with E-state index in [1.54, 1.807) is 30.3 Å². The number of benzene rings is 3. The molecule has 1 aliphatic carbocycles. The van der Waals surface area contributed by atoms with Crippen molar-refractivity contribution in [2.45, 2.75) is 42.8 Å². The summed E-state index contributed by atoms with van der Waals surface area (Å²) >= 11 is 0. The van der Waals surface area contributed by atoms with Crippen LogP contribution in [0.4, 0.5) is 24.5 Å². The fraction of sp³-hybridized carbons (Fsp3) is 0.259. The number of anilines is 2. The third-order valence-electron chi connectivity index (χ3n) is 6.89. The second-order valence-corrected chi connectivity index (χ2v) is 10.6. The molecule has 1 heterocycles. The molecule has 3 aromatic rings. The minimum Gasteiger partial charge on any atom is -0.378 e. The molecule has 0 amide bonds. The van der Waals surface area contributed by atoms with Gasteiger partial charge in [0.05, 0.1) is 22.2 Å². The van der Waals surface area contributed by atoms with Crippen LogP contribution >= 0.6 is 0 Å². The van der Waals surface area contributed by atoms with Crippen molar-refractivity contribution < 1.29 is 21.6 Å². The molecule has 0 unspecified atom stereocenters. The first-order valence-electron chi connectivity index (χ1n) is 11.5. The number of hydrogen-bond acceptors (Lipinski definition) is 3. The number of halogens is 3. The third-order valence-corrected chi connectivity index (χ3v) is 8.25. The van der Waals surface area contributed by atoms with Crippen LogP contribution in [0.5, 0.6) is 0 Å². The Morgan fingerprint density at radius 1 is 1.00 bits per heavy atom. The summed E-state index contributed by atoms with van der Waals surface area (Å²) in [4.78, 5) is 0.122. The average molecular weight is 499 g/mol. The highest BCUT2D eigenvalue weighted by molar-refractivity contribution is 7.92. The smallest absolute Gasteiger partial charge is 0.378 e. The number of sulfonamides is 1. The fourth-order valence-electron chi connectivity index (χ4n) is 5.21. The Hall–Kier alpha value is -3.26. The third kappa shape index (κ3) is 4.31. The van der Waals surface area contributed by atoms with Crippen molar-refractivity contribution in [2.24, 2.45) is 5.92 Å². The summed E-state index contributed by atoms with van der Waals surface area (Å²) in [6, 6.07) is 17.1. The summed E-state index contributed by atoms with van der Waals surface area (Å²) in [6.07, 6.45) is 0.768. The summed E-state index contributed by atoms with van der Waals surface area (Å²) in [6.45, 7) is 1.96. The minimum atomic E-state index is -4.46. The van der Waals surface area contributed by atoms with E-state index in [-0.39, 0.29) is 22.3 Å². The topological polar surface area (TPSA) is 58.2 Å². The van der Waals surface area contributed by atoms with Gasteiger partial charge >= 0.3 is 6.18 Å². The van der Waals surface area contributed by atoms with Gasteiger partial charge in [-0.3, -0.25) is 4.72 Å². The Kier molecular flexibility index (Phi) is 5.87. The van der Waals surface area contributed by atoms with Crippen molar-refractivity contribution in [3.05, 3.63) is 101 Å². The van der Waals surface area contributed by atoms with E-state index in [0.717, 1.165) is 17.2 Å². The molecule has 0 fully saturated rings. The van der Waals surface area contributed by atoms with E-state index in [2.05, 4.69) is 10.0 Å². The number of allylic oxidation sites excluding steroid dienone is 2. The molecule has 0 saturated carbocycles. The predicted molar refractivity (Wildman–Crippen MR) is 131 cm³/mol. The molecule has 2 N–H and O–H groups in total. The van der Waals surface area contributed by atoms with E-state index in [4.69, 9.17) is 0 Å². The van der Waals surface area contributed by atoms with Gasteiger partial charge in [-0.25, -0.2) is 8.42 Å². The number of fused-ring (bicyclic) bond motifs is 3. The van der Waals surface area contributed by atoms with Crippen LogP contribution in [0.2, 0.25) is 0 Å². The number of hydrogen-bond donors (Lipinski definition) is 2. The second kappa shape index (κ2) is 8.75. The van der Waals surface area contributed by atoms with Gasteiger partial charge in [0.1, 0.15) is 0 Å². The summed E-state index contributed by atoms with van der Waals surface area (Å²) in [5, 5.41) is 3.29. The molecule has 3 atom stereocenters. The van der Waals surface area contributed by atoms with Gasteiger partial charge in [0, 0.05) is 11.6 Å². The molecule has 3 aromatic carbocycles. The summed E-state index contributed by atoms with van der Waals surface area (Å²) < 4.78 is 70.3. The Morgan fingerprint density at radius 2 is 1.74 bits per heavy atom. The normalized spacial score (nSPS) is 21.2. The van der Waals surface area contributed by atoms with Gasteiger partial charge in [0.2, 0.25) is 0 Å². The molecule has 182 valence electrons. The first-order chi connectivity index (χ1) is 16.7. The van der Waals surface area contributed by atoms with Crippen LogP contribution in [0.3, 0.4) is 0 Å². The van der Waals surface area contributed by atoms with Crippen LogP contribution in [0.15, 0.2) is 83.8 Å². The van der Waals surface area contributed by atoms with E-state index in [9.17, 15) is 21.6 Å². The highest BCUT2D eigenvalue weighted by atomic mass is 32.2. The van der Waals surface area contributed by atoms with Gasteiger partial charge in [-0.1, -0.05) is 55.5 Å². The molecule has 0 aromatic heterocycles. The van der Waals surface area contributed by atoms with Crippen molar-refractivity contribution in [1.82, 2.24) is 0 Å². The molecule has 0 spiro atoms. The van der Waals surface area contributed by atoms with E-state index < -0.39 is 27.8 Å². The lowest BCUT2D eigenvalue weighted by Gasteiger charge is -2.38. The Balaban J connectivity index is 1.52. The van der Waals surface area contributed by atoms with E-state index >= 15 is 0 Å². The molecule has 5 rings (SSSR count). The molecular formula is C27H25F3N2O2S. The zero-order valence-electron chi connectivity index (χ0n) is 19.0. The van der Waals surface area contributed by atoms with Gasteiger partial charge in [-0.15, -0.1) is 0 Å². The number of aryl methyl sites for hydroxylation is 1. The first-order valence-corrected chi connectivity index (χ1v) is 13.0. The van der Waals surface area contributed by atoms with Gasteiger partial charge < -0.3 is 5.32 Å². The molecule has 0 bridgehead atoms. The zero-order chi connectivity index (χ0) is 24.8. The van der Waals surface area contributed by atoms with Crippen molar-refractivity contribution in [1.29, 1.82) is 0 Å². The van der Waals surface area contributed by atoms with Gasteiger partial charge in [0.25, 0.3) is 10.0 Å². The van der Waals surface area contributed by atoms with Crippen molar-refractivity contribution >= 4 is 21.4 Å². The molecule has 2 aliphatic rings. The number of para-hydroxylation sites is 1. The lowest BCUT2D eigenvalue weighted by Crippen LogP contribution is -2.31. The van der Waals surface area contributed by atoms with Crippen LogP contribution in [-0.4, -0.2) is 8.42 Å². The Morgan fingerprint density at radius 3 is 2.51 bits per heavy atom. The number of alkyl halides is 3. The Labute approximate surface area is 202 Å². The highest BCUT2D eigenvalue weighted by Crippen LogP contribution is 2.51. The quantitative estimate of drug-likeness (QED) is 0.377. The minimum absolute atomic E-state index is 0.122. The maximum Gasteiger partial charge on any atom is 0.416 e. The first kappa shape index (κ1) is 23.5. The van der Waals surface area contributed by atoms with Gasteiger partial charge in [-0.2, -0.15) is 13.2 Å². The van der Waals surface area contributed by atoms with Gasteiger partial charge in [-0.05, 0) is 65.8 Å². The van der Waals surface area contributed by atoms with Crippen molar-refractivity contribution in [3.63, 3.8) is 0 Å². The number of rotatable bonds is 5. The molecule has 35 heavy (non-hydrogen) atoms. The van der Waals surface area contributed by atoms with Crippen LogP contribution in [-0.2, 0) is 22.6 Å². The second-order valence-electron chi connectivity index (χ2n) is 8.93. The van der Waals surface area contributed by atoms with Crippen LogP contribution in [0.25, 0.3) is 0 Å². The van der Waals surface area contributed by atoms with Crippen LogP contribution < -0.4 is 10.0 Å². The van der Waals surface area contributed by atoms with E-state index in [0.29, 0.717) is 24.2 Å². The van der Waals surface area contributed by atoms with E-state index in [1.165, 1.54) is 18.2 Å². The Bertz CT molecular complexity index is 1400. The maximum atomic E-state index is 13.7. The lowest BCUT2D eigenvalue weighted by atomic mass is 9.76. The molecule has 4 nitrogen and oxygen atoms in total. The maximum absolute atomic E-state index is 13.7. The number of nitrogens with one attached hydrogen (secondary N) is 2. The standard InChI is InChI=1S/C27H25F3N2O2S/c1-2-17-8-3-6-13-24(17)32-35(33,34)18-14-15-25-22(16-18)19-10-7-11-20(19)26(31-25)21-9-4-5-12-23(21)27(28,29)30/h3-10,12-16,19-20,26,31-32H,2,11H2,1H3/t19-,20+,26-/m0/s1. The fourth-order valence-corrected chi connectivity index (χ4v) is 6.34. The highest BCUT2D eigenvalue weighted by Gasteiger charge is 2.42. The SMILES string of the molecule is CCc1ccccc1NS(=O)(=O)c1ccc2c(c1)[C@H]1C=CC[C@H]1[C@@H](c1ccccc1C(F)(F)F)N2. The van der Waals surface area contributed by atoms with Gasteiger partial charge in [0.15, 0.2) is 0 Å². The van der Waals surface area contributed by atoms with Crippen molar-refractivity contribution in [2.75, 3.05) is 10.0 Å². The summed E-state index contributed by atoms with van der Waals surface area (Å²) in [5.41, 5.74) is 2.40. The predicted octanol–water partition coefficient (Wildman–Crippen LogP) is 6.90. The van der Waals surface area contributed by atoms with E-state index in [1.807, 2.05) is 31.2 Å². The molecule has 1 aliphatic heterocycles. The largest absolute Gasteiger partial charge is 0.416 e. The van der Waals surface area contributed by atoms with Crippen LogP contribution in [0.1, 0.15) is 47.6 Å². The molecular weight excluding hydrogens is 473 g/mol. The summed E-state index contributed by atoms with van der Waals surface area (Å²) in [7, 11) is -3.85. The molecule has 0 saturated heterocycles. The summed E-state index contributed by atoms with van der Waals surface area (Å²) in [5.74, 6) is -0.339. The zero-order valence-corrected chi connectivity index (χ0v) is 19.8. The average Bonchev–Trinajstić information content (AvgIpc) is 3.33. The monoisotopic (exact) mass is 498 g/mol. The lowest BCUT2D eigenvalue weighted by molar-refractivity contribution is -0.138. The molecule has 8 heteroatoms.